The molecule has 0 N–H and O–H groups in total. The highest BCUT2D eigenvalue weighted by molar-refractivity contribution is 7.93. The maximum atomic E-state index is 12.7. The molecular formula is C16H22N2O4S. The summed E-state index contributed by atoms with van der Waals surface area (Å²) >= 11 is 0. The largest absolute Gasteiger partial charge is 0.375 e. The molecule has 0 aliphatic carbocycles. The molecular weight excluding hydrogens is 316 g/mol. The second kappa shape index (κ2) is 6.49. The number of hydrogen-bond donors (Lipinski definition) is 0. The zero-order chi connectivity index (χ0) is 16.4. The fourth-order valence-electron chi connectivity index (χ4n) is 3.06. The molecule has 2 aliphatic rings. The van der Waals surface area contributed by atoms with Crippen LogP contribution in [0.25, 0.3) is 0 Å². The molecule has 1 atom stereocenters. The number of sulfonamides is 1. The fourth-order valence-corrected chi connectivity index (χ4v) is 4.61. The summed E-state index contributed by atoms with van der Waals surface area (Å²) in [5, 5.41) is 0. The molecule has 3 rings (SSSR count). The van der Waals surface area contributed by atoms with Gasteiger partial charge in [0.25, 0.3) is 5.91 Å². The molecule has 0 spiro atoms. The summed E-state index contributed by atoms with van der Waals surface area (Å²) in [6.07, 6.45) is 1.58. The van der Waals surface area contributed by atoms with Crippen LogP contribution < -0.4 is 4.31 Å². The van der Waals surface area contributed by atoms with Crippen molar-refractivity contribution >= 4 is 21.6 Å². The summed E-state index contributed by atoms with van der Waals surface area (Å²) < 4.78 is 31.1. The highest BCUT2D eigenvalue weighted by atomic mass is 32.2. The Morgan fingerprint density at radius 2 is 2.17 bits per heavy atom. The van der Waals surface area contributed by atoms with Gasteiger partial charge in [0.05, 0.1) is 24.2 Å². The molecule has 126 valence electrons. The monoisotopic (exact) mass is 338 g/mol. The van der Waals surface area contributed by atoms with Crippen molar-refractivity contribution in [2.75, 3.05) is 36.3 Å². The van der Waals surface area contributed by atoms with Gasteiger partial charge in [0, 0.05) is 25.2 Å². The lowest BCUT2D eigenvalue weighted by atomic mass is 10.1. The summed E-state index contributed by atoms with van der Waals surface area (Å²) in [5.74, 6) is 0.109. The molecule has 6 nitrogen and oxygen atoms in total. The molecule has 0 radical (unpaired) electrons. The summed E-state index contributed by atoms with van der Waals surface area (Å²) in [4.78, 5) is 14.5. The van der Waals surface area contributed by atoms with Gasteiger partial charge in [-0.15, -0.1) is 0 Å². The Morgan fingerprint density at radius 1 is 1.35 bits per heavy atom. The maximum absolute atomic E-state index is 12.7. The molecule has 1 amide bonds. The third-order valence-electron chi connectivity index (χ3n) is 4.36. The van der Waals surface area contributed by atoms with E-state index < -0.39 is 10.0 Å². The van der Waals surface area contributed by atoms with Crippen LogP contribution in [0.5, 0.6) is 0 Å². The molecule has 0 bridgehead atoms. The Balaban J connectivity index is 1.81. The number of benzene rings is 1. The van der Waals surface area contributed by atoms with Gasteiger partial charge in [0.2, 0.25) is 10.0 Å². The number of nitrogens with zero attached hydrogens (tertiary/aromatic N) is 2. The van der Waals surface area contributed by atoms with Gasteiger partial charge in [-0.25, -0.2) is 8.42 Å². The lowest BCUT2D eigenvalue weighted by Crippen LogP contribution is -2.45. The van der Waals surface area contributed by atoms with E-state index in [1.54, 1.807) is 29.2 Å². The molecule has 23 heavy (non-hydrogen) atoms. The molecule has 1 aromatic rings. The van der Waals surface area contributed by atoms with Gasteiger partial charge in [-0.05, 0) is 31.0 Å². The highest BCUT2D eigenvalue weighted by Gasteiger charge is 2.29. The van der Waals surface area contributed by atoms with E-state index in [-0.39, 0.29) is 17.8 Å². The van der Waals surface area contributed by atoms with Crippen LogP contribution in [0.15, 0.2) is 24.3 Å². The van der Waals surface area contributed by atoms with Gasteiger partial charge in [-0.3, -0.25) is 9.10 Å². The molecule has 0 saturated carbocycles. The third kappa shape index (κ3) is 3.35. The van der Waals surface area contributed by atoms with Gasteiger partial charge in [-0.2, -0.15) is 0 Å². The lowest BCUT2D eigenvalue weighted by molar-refractivity contribution is -0.0226. The van der Waals surface area contributed by atoms with Crippen molar-refractivity contribution in [2.45, 2.75) is 25.9 Å². The second-order valence-electron chi connectivity index (χ2n) is 5.94. The number of ether oxygens (including phenoxy) is 1. The first-order valence-electron chi connectivity index (χ1n) is 8.02. The van der Waals surface area contributed by atoms with Gasteiger partial charge in [0.15, 0.2) is 0 Å². The van der Waals surface area contributed by atoms with Crippen LogP contribution >= 0.6 is 0 Å². The Kier molecular flexibility index (Phi) is 4.59. The molecule has 1 unspecified atom stereocenters. The van der Waals surface area contributed by atoms with E-state index >= 15 is 0 Å². The SMILES string of the molecule is CCC1CN(C(=O)c2cccc(N3CCCS3(=O)=O)c2)CCO1. The summed E-state index contributed by atoms with van der Waals surface area (Å²) in [6, 6.07) is 6.91. The molecule has 2 fully saturated rings. The molecule has 2 saturated heterocycles. The van der Waals surface area contributed by atoms with E-state index in [1.165, 1.54) is 4.31 Å². The van der Waals surface area contributed by atoms with Crippen LogP contribution in [0.2, 0.25) is 0 Å². The minimum absolute atomic E-state index is 0.0646. The number of rotatable bonds is 3. The molecule has 1 aromatic carbocycles. The summed E-state index contributed by atoms with van der Waals surface area (Å²) in [7, 11) is -3.23. The van der Waals surface area contributed by atoms with Gasteiger partial charge in [-0.1, -0.05) is 13.0 Å². The Labute approximate surface area is 137 Å². The Morgan fingerprint density at radius 3 is 2.87 bits per heavy atom. The minimum Gasteiger partial charge on any atom is -0.375 e. The van der Waals surface area contributed by atoms with Crippen LogP contribution in [0.4, 0.5) is 5.69 Å². The third-order valence-corrected chi connectivity index (χ3v) is 6.23. The smallest absolute Gasteiger partial charge is 0.254 e. The Bertz CT molecular complexity index is 689. The second-order valence-corrected chi connectivity index (χ2v) is 7.96. The Hall–Kier alpha value is -1.60. The van der Waals surface area contributed by atoms with Crippen molar-refractivity contribution in [2.24, 2.45) is 0 Å². The van der Waals surface area contributed by atoms with E-state index in [9.17, 15) is 13.2 Å². The minimum atomic E-state index is -3.23. The van der Waals surface area contributed by atoms with Crippen LogP contribution in [-0.2, 0) is 14.8 Å². The van der Waals surface area contributed by atoms with Crippen LogP contribution in [-0.4, -0.2) is 57.3 Å². The van der Waals surface area contributed by atoms with Crippen LogP contribution in [0.1, 0.15) is 30.1 Å². The van der Waals surface area contributed by atoms with E-state index in [1.807, 2.05) is 6.92 Å². The predicted octanol–water partition coefficient (Wildman–Crippen LogP) is 1.48. The normalized spacial score (nSPS) is 24.0. The van der Waals surface area contributed by atoms with Crippen molar-refractivity contribution in [3.63, 3.8) is 0 Å². The fraction of sp³-hybridized carbons (Fsp3) is 0.562. The first-order chi connectivity index (χ1) is 11.0. The molecule has 7 heteroatoms. The molecule has 2 heterocycles. The molecule has 0 aromatic heterocycles. The first-order valence-corrected chi connectivity index (χ1v) is 9.63. The van der Waals surface area contributed by atoms with Gasteiger partial charge >= 0.3 is 0 Å². The van der Waals surface area contributed by atoms with Crippen LogP contribution in [0, 0.1) is 0 Å². The van der Waals surface area contributed by atoms with E-state index in [0.717, 1.165) is 6.42 Å². The average molecular weight is 338 g/mol. The number of carbonyl (C=O) groups is 1. The lowest BCUT2D eigenvalue weighted by Gasteiger charge is -2.32. The maximum Gasteiger partial charge on any atom is 0.254 e. The van der Waals surface area contributed by atoms with E-state index in [4.69, 9.17) is 4.74 Å². The number of morpholine rings is 1. The van der Waals surface area contributed by atoms with Crippen molar-refractivity contribution in [1.82, 2.24) is 4.90 Å². The zero-order valence-electron chi connectivity index (χ0n) is 13.3. The summed E-state index contributed by atoms with van der Waals surface area (Å²) in [6.45, 7) is 4.22. The van der Waals surface area contributed by atoms with Crippen molar-refractivity contribution in [3.8, 4) is 0 Å². The van der Waals surface area contributed by atoms with Gasteiger partial charge in [0.1, 0.15) is 0 Å². The van der Waals surface area contributed by atoms with Crippen LogP contribution in [0.3, 0.4) is 0 Å². The van der Waals surface area contributed by atoms with E-state index in [0.29, 0.717) is 43.9 Å². The number of amides is 1. The van der Waals surface area contributed by atoms with E-state index in [2.05, 4.69) is 0 Å². The summed E-state index contributed by atoms with van der Waals surface area (Å²) in [5.41, 5.74) is 1.11. The highest BCUT2D eigenvalue weighted by Crippen LogP contribution is 2.25. The first kappa shape index (κ1) is 16.3. The standard InChI is InChI=1S/C16H22N2O4S/c1-2-15-12-17(8-9-22-15)16(19)13-5-3-6-14(11-13)18-7-4-10-23(18,20)21/h3,5-6,11,15H,2,4,7-10,12H2,1H3. The number of hydrogen-bond acceptors (Lipinski definition) is 4. The van der Waals surface area contributed by atoms with Gasteiger partial charge < -0.3 is 9.64 Å². The topological polar surface area (TPSA) is 66.9 Å². The quantitative estimate of drug-likeness (QED) is 0.837. The zero-order valence-corrected chi connectivity index (χ0v) is 14.1. The van der Waals surface area contributed by atoms with Crippen molar-refractivity contribution in [3.05, 3.63) is 29.8 Å². The predicted molar refractivity (Wildman–Crippen MR) is 88.1 cm³/mol. The molecule has 2 aliphatic heterocycles. The number of carbonyl (C=O) groups excluding carboxylic acids is 1. The van der Waals surface area contributed by atoms with Crippen molar-refractivity contribution in [1.29, 1.82) is 0 Å². The average Bonchev–Trinajstić information content (AvgIpc) is 2.93. The van der Waals surface area contributed by atoms with Crippen molar-refractivity contribution < 1.29 is 17.9 Å². The number of anilines is 1.